The van der Waals surface area contributed by atoms with E-state index < -0.39 is 10.0 Å². The van der Waals surface area contributed by atoms with Gasteiger partial charge in [-0.2, -0.15) is 0 Å². The van der Waals surface area contributed by atoms with Crippen LogP contribution in [0.2, 0.25) is 0 Å². The summed E-state index contributed by atoms with van der Waals surface area (Å²) in [6.45, 7) is 5.91. The van der Waals surface area contributed by atoms with Gasteiger partial charge in [0.05, 0.1) is 4.90 Å². The molecule has 0 aromatic heterocycles. The molecule has 1 saturated carbocycles. The number of hydrogen-bond acceptors (Lipinski definition) is 3. The number of rotatable bonds is 3. The molecule has 1 atom stereocenters. The second-order valence-electron chi connectivity index (χ2n) is 6.94. The average molecular weight is 308 g/mol. The topological polar surface area (TPSA) is 58.2 Å². The fourth-order valence-corrected chi connectivity index (χ4v) is 4.90. The molecule has 2 aliphatic rings. The van der Waals surface area contributed by atoms with Crippen LogP contribution >= 0.6 is 0 Å². The summed E-state index contributed by atoms with van der Waals surface area (Å²) in [5.74, 6) is 0. The normalized spacial score (nSPS) is 24.8. The Bertz CT molecular complexity index is 638. The highest BCUT2D eigenvalue weighted by Gasteiger charge is 2.35. The smallest absolute Gasteiger partial charge is 0.240 e. The Morgan fingerprint density at radius 2 is 1.95 bits per heavy atom. The molecular weight excluding hydrogens is 284 g/mol. The Kier molecular flexibility index (Phi) is 3.84. The van der Waals surface area contributed by atoms with Gasteiger partial charge < -0.3 is 5.32 Å². The predicted molar refractivity (Wildman–Crippen MR) is 83.3 cm³/mol. The SMILES string of the molecule is CC1(C)CCCCC1NS(=O)(=O)c1ccc2c(c1)CNC2. The molecule has 1 aliphatic heterocycles. The van der Waals surface area contributed by atoms with Crippen LogP contribution < -0.4 is 10.0 Å². The van der Waals surface area contributed by atoms with Crippen molar-refractivity contribution < 1.29 is 8.42 Å². The van der Waals surface area contributed by atoms with Gasteiger partial charge in [-0.1, -0.05) is 32.8 Å². The van der Waals surface area contributed by atoms with Crippen molar-refractivity contribution in [3.63, 3.8) is 0 Å². The van der Waals surface area contributed by atoms with Crippen LogP contribution in [0.1, 0.15) is 50.7 Å². The molecule has 3 rings (SSSR count). The minimum Gasteiger partial charge on any atom is -0.309 e. The van der Waals surface area contributed by atoms with Gasteiger partial charge >= 0.3 is 0 Å². The van der Waals surface area contributed by atoms with Crippen molar-refractivity contribution in [3.8, 4) is 0 Å². The number of nitrogens with one attached hydrogen (secondary N) is 2. The molecule has 1 fully saturated rings. The van der Waals surface area contributed by atoms with E-state index in [1.54, 1.807) is 6.07 Å². The minimum absolute atomic E-state index is 0.0302. The first kappa shape index (κ1) is 15.0. The van der Waals surface area contributed by atoms with Crippen molar-refractivity contribution in [2.75, 3.05) is 0 Å². The van der Waals surface area contributed by atoms with Crippen molar-refractivity contribution >= 4 is 10.0 Å². The lowest BCUT2D eigenvalue weighted by Gasteiger charge is -2.38. The summed E-state index contributed by atoms with van der Waals surface area (Å²) in [4.78, 5) is 0.395. The van der Waals surface area contributed by atoms with Crippen LogP contribution in [-0.2, 0) is 23.1 Å². The fourth-order valence-electron chi connectivity index (χ4n) is 3.41. The Morgan fingerprint density at radius 3 is 2.71 bits per heavy atom. The van der Waals surface area contributed by atoms with E-state index in [1.165, 1.54) is 12.0 Å². The molecule has 0 amide bonds. The molecule has 0 radical (unpaired) electrons. The first-order valence-corrected chi connectivity index (χ1v) is 9.22. The zero-order valence-corrected chi connectivity index (χ0v) is 13.6. The van der Waals surface area contributed by atoms with Crippen molar-refractivity contribution in [1.82, 2.24) is 10.0 Å². The van der Waals surface area contributed by atoms with Crippen LogP contribution in [-0.4, -0.2) is 14.5 Å². The van der Waals surface area contributed by atoms with Crippen molar-refractivity contribution in [3.05, 3.63) is 29.3 Å². The first-order chi connectivity index (χ1) is 9.88. The van der Waals surface area contributed by atoms with Crippen molar-refractivity contribution in [1.29, 1.82) is 0 Å². The summed E-state index contributed by atoms with van der Waals surface area (Å²) in [6, 6.07) is 5.50. The summed E-state index contributed by atoms with van der Waals surface area (Å²) < 4.78 is 28.3. The molecule has 0 spiro atoms. The lowest BCUT2D eigenvalue weighted by molar-refractivity contribution is 0.188. The average Bonchev–Trinajstić information content (AvgIpc) is 2.88. The highest BCUT2D eigenvalue weighted by atomic mass is 32.2. The largest absolute Gasteiger partial charge is 0.309 e. The lowest BCUT2D eigenvalue weighted by atomic mass is 9.74. The van der Waals surface area contributed by atoms with Crippen LogP contribution in [0.5, 0.6) is 0 Å². The Balaban J connectivity index is 1.83. The van der Waals surface area contributed by atoms with E-state index in [-0.39, 0.29) is 11.5 Å². The molecule has 1 aromatic carbocycles. The molecular formula is C16H24N2O2S. The van der Waals surface area contributed by atoms with Gasteiger partial charge in [-0.25, -0.2) is 13.1 Å². The van der Waals surface area contributed by atoms with Crippen molar-refractivity contribution in [2.24, 2.45) is 5.41 Å². The molecule has 0 bridgehead atoms. The van der Waals surface area contributed by atoms with Gasteiger partial charge in [-0.05, 0) is 41.5 Å². The molecule has 1 unspecified atom stereocenters. The Hall–Kier alpha value is -0.910. The van der Waals surface area contributed by atoms with Gasteiger partial charge in [0.1, 0.15) is 0 Å². The van der Waals surface area contributed by atoms with Crippen LogP contribution in [0.15, 0.2) is 23.1 Å². The molecule has 1 aromatic rings. The maximum Gasteiger partial charge on any atom is 0.240 e. The second kappa shape index (κ2) is 5.38. The number of sulfonamides is 1. The number of fused-ring (bicyclic) bond motifs is 1. The quantitative estimate of drug-likeness (QED) is 0.902. The summed E-state index contributed by atoms with van der Waals surface area (Å²) in [5.41, 5.74) is 2.33. The van der Waals surface area contributed by atoms with Gasteiger partial charge in [0.25, 0.3) is 0 Å². The maximum atomic E-state index is 12.7. The highest BCUT2D eigenvalue weighted by molar-refractivity contribution is 7.89. The van der Waals surface area contributed by atoms with E-state index in [9.17, 15) is 8.42 Å². The van der Waals surface area contributed by atoms with E-state index in [2.05, 4.69) is 23.9 Å². The first-order valence-electron chi connectivity index (χ1n) is 7.73. The summed E-state index contributed by atoms with van der Waals surface area (Å²) in [6.07, 6.45) is 4.30. The van der Waals surface area contributed by atoms with E-state index in [0.29, 0.717) is 4.90 Å². The van der Waals surface area contributed by atoms with Gasteiger partial charge in [-0.15, -0.1) is 0 Å². The summed E-state index contributed by atoms with van der Waals surface area (Å²) in [7, 11) is -3.43. The maximum absolute atomic E-state index is 12.7. The Morgan fingerprint density at radius 1 is 1.19 bits per heavy atom. The van der Waals surface area contributed by atoms with Crippen LogP contribution in [0.25, 0.3) is 0 Å². The van der Waals surface area contributed by atoms with Crippen LogP contribution in [0.3, 0.4) is 0 Å². The third-order valence-electron chi connectivity index (χ3n) is 4.92. The zero-order chi connectivity index (χ0) is 15.1. The molecule has 4 nitrogen and oxygen atoms in total. The molecule has 2 N–H and O–H groups in total. The van der Waals surface area contributed by atoms with Gasteiger partial charge in [0, 0.05) is 19.1 Å². The Labute approximate surface area is 127 Å². The molecule has 1 aliphatic carbocycles. The molecule has 5 heteroatoms. The highest BCUT2D eigenvalue weighted by Crippen LogP contribution is 2.36. The monoisotopic (exact) mass is 308 g/mol. The van der Waals surface area contributed by atoms with Gasteiger partial charge in [-0.3, -0.25) is 0 Å². The second-order valence-corrected chi connectivity index (χ2v) is 8.66. The molecule has 1 heterocycles. The minimum atomic E-state index is -3.43. The van der Waals surface area contributed by atoms with E-state index in [1.807, 2.05) is 12.1 Å². The number of hydrogen-bond donors (Lipinski definition) is 2. The predicted octanol–water partition coefficient (Wildman–Crippen LogP) is 2.54. The summed E-state index contributed by atoms with van der Waals surface area (Å²) in [5, 5.41) is 3.25. The van der Waals surface area contributed by atoms with Crippen LogP contribution in [0.4, 0.5) is 0 Å². The fraction of sp³-hybridized carbons (Fsp3) is 0.625. The van der Waals surface area contributed by atoms with E-state index in [0.717, 1.165) is 37.9 Å². The standard InChI is InChI=1S/C16H24N2O2S/c1-16(2)8-4-3-5-15(16)18-21(19,20)14-7-6-12-10-17-11-13(12)9-14/h6-7,9,15,17-18H,3-5,8,10-11H2,1-2H3. The molecule has 21 heavy (non-hydrogen) atoms. The van der Waals surface area contributed by atoms with Gasteiger partial charge in [0.15, 0.2) is 0 Å². The van der Waals surface area contributed by atoms with E-state index >= 15 is 0 Å². The third-order valence-corrected chi connectivity index (χ3v) is 6.39. The van der Waals surface area contributed by atoms with Crippen LogP contribution in [0, 0.1) is 5.41 Å². The third kappa shape index (κ3) is 3.00. The molecule has 0 saturated heterocycles. The lowest BCUT2D eigenvalue weighted by Crippen LogP contribution is -2.46. The zero-order valence-electron chi connectivity index (χ0n) is 12.8. The van der Waals surface area contributed by atoms with Crippen molar-refractivity contribution in [2.45, 2.75) is 63.6 Å². The number of benzene rings is 1. The van der Waals surface area contributed by atoms with Gasteiger partial charge in [0.2, 0.25) is 10.0 Å². The molecule has 116 valence electrons. The van der Waals surface area contributed by atoms with E-state index in [4.69, 9.17) is 0 Å². The summed E-state index contributed by atoms with van der Waals surface area (Å²) >= 11 is 0.